The van der Waals surface area contributed by atoms with Crippen LogP contribution < -0.4 is 4.74 Å². The van der Waals surface area contributed by atoms with Crippen molar-refractivity contribution in [1.82, 2.24) is 0 Å². The third kappa shape index (κ3) is 3.41. The lowest BCUT2D eigenvalue weighted by Gasteiger charge is -2.32. The Morgan fingerprint density at radius 2 is 2.09 bits per heavy atom. The first-order chi connectivity index (χ1) is 10.9. The Bertz CT molecular complexity index is 709. The fourth-order valence-corrected chi connectivity index (χ4v) is 4.05. The van der Waals surface area contributed by atoms with E-state index in [9.17, 15) is 8.42 Å². The first-order valence-corrected chi connectivity index (χ1v) is 9.46. The van der Waals surface area contributed by atoms with Gasteiger partial charge in [-0.3, -0.25) is 9.18 Å². The monoisotopic (exact) mass is 339 g/mol. The zero-order chi connectivity index (χ0) is 16.5. The van der Waals surface area contributed by atoms with Gasteiger partial charge in [0.1, 0.15) is 11.4 Å². The van der Waals surface area contributed by atoms with Crippen LogP contribution in [0, 0.1) is 5.92 Å². The van der Waals surface area contributed by atoms with Gasteiger partial charge in [0, 0.05) is 25.0 Å². The molecule has 0 radical (unpaired) electrons. The number of hydrogen-bond acceptors (Lipinski definition) is 6. The predicted molar refractivity (Wildman–Crippen MR) is 86.9 cm³/mol. The largest absolute Gasteiger partial charge is 0.494 e. The van der Waals surface area contributed by atoms with Crippen LogP contribution in [0.15, 0.2) is 23.2 Å². The predicted octanol–water partition coefficient (Wildman–Crippen LogP) is 2.40. The normalized spacial score (nSPS) is 24.6. The SMILES string of the molecule is COc1cccc2c1N=CC2(CC1CCOCC1)OS(C)(=O)=O. The highest BCUT2D eigenvalue weighted by atomic mass is 32.2. The summed E-state index contributed by atoms with van der Waals surface area (Å²) in [6.45, 7) is 1.39. The molecular formula is C16H21NO5S. The number of aliphatic imine (C=N–C) groups is 1. The van der Waals surface area contributed by atoms with Crippen LogP contribution in [-0.4, -0.2) is 41.2 Å². The van der Waals surface area contributed by atoms with Crippen molar-refractivity contribution >= 4 is 22.0 Å². The minimum absolute atomic E-state index is 0.328. The highest BCUT2D eigenvalue weighted by molar-refractivity contribution is 7.86. The lowest BCUT2D eigenvalue weighted by atomic mass is 9.83. The quantitative estimate of drug-likeness (QED) is 0.770. The summed E-state index contributed by atoms with van der Waals surface area (Å²) in [7, 11) is -2.07. The molecule has 1 saturated heterocycles. The first-order valence-electron chi connectivity index (χ1n) is 7.64. The van der Waals surface area contributed by atoms with Crippen molar-refractivity contribution in [2.75, 3.05) is 26.6 Å². The van der Waals surface area contributed by atoms with Crippen molar-refractivity contribution in [2.24, 2.45) is 10.9 Å². The number of methoxy groups -OCH3 is 1. The summed E-state index contributed by atoms with van der Waals surface area (Å²) < 4.78 is 40.0. The van der Waals surface area contributed by atoms with E-state index in [0.29, 0.717) is 37.0 Å². The van der Waals surface area contributed by atoms with Crippen LogP contribution in [0.1, 0.15) is 24.8 Å². The second-order valence-corrected chi connectivity index (χ2v) is 7.63. The third-order valence-electron chi connectivity index (χ3n) is 4.31. The van der Waals surface area contributed by atoms with Gasteiger partial charge in [0.15, 0.2) is 5.60 Å². The molecule has 0 aromatic heterocycles. The number of rotatable bonds is 5. The maximum Gasteiger partial charge on any atom is 0.265 e. The molecule has 7 heteroatoms. The molecule has 1 unspecified atom stereocenters. The molecule has 2 heterocycles. The molecule has 3 rings (SSSR count). The van der Waals surface area contributed by atoms with Crippen LogP contribution in [-0.2, 0) is 24.6 Å². The fourth-order valence-electron chi connectivity index (χ4n) is 3.31. The van der Waals surface area contributed by atoms with Crippen LogP contribution in [0.25, 0.3) is 0 Å². The Morgan fingerprint density at radius 1 is 1.35 bits per heavy atom. The molecule has 0 saturated carbocycles. The molecule has 1 aromatic carbocycles. The summed E-state index contributed by atoms with van der Waals surface area (Å²) in [6, 6.07) is 5.49. The van der Waals surface area contributed by atoms with Gasteiger partial charge >= 0.3 is 0 Å². The summed E-state index contributed by atoms with van der Waals surface area (Å²) in [4.78, 5) is 4.40. The Hall–Kier alpha value is -1.44. The second kappa shape index (κ2) is 6.22. The van der Waals surface area contributed by atoms with Gasteiger partial charge < -0.3 is 9.47 Å². The maximum atomic E-state index is 11.9. The fraction of sp³-hybridized carbons (Fsp3) is 0.562. The molecule has 1 aromatic rings. The van der Waals surface area contributed by atoms with Crippen molar-refractivity contribution in [3.63, 3.8) is 0 Å². The highest BCUT2D eigenvalue weighted by Gasteiger charge is 2.43. The van der Waals surface area contributed by atoms with Gasteiger partial charge in [0.25, 0.3) is 10.1 Å². The number of ether oxygens (including phenoxy) is 2. The zero-order valence-corrected chi connectivity index (χ0v) is 14.1. The van der Waals surface area contributed by atoms with E-state index in [1.807, 2.05) is 12.1 Å². The van der Waals surface area contributed by atoms with Crippen molar-refractivity contribution < 1.29 is 22.1 Å². The van der Waals surface area contributed by atoms with Gasteiger partial charge in [0.05, 0.1) is 13.4 Å². The average Bonchev–Trinajstić information content (AvgIpc) is 2.85. The highest BCUT2D eigenvalue weighted by Crippen LogP contribution is 2.47. The molecular weight excluding hydrogens is 318 g/mol. The minimum Gasteiger partial charge on any atom is -0.494 e. The van der Waals surface area contributed by atoms with Crippen LogP contribution in [0.5, 0.6) is 5.75 Å². The van der Waals surface area contributed by atoms with E-state index >= 15 is 0 Å². The zero-order valence-electron chi connectivity index (χ0n) is 13.3. The third-order valence-corrected chi connectivity index (χ3v) is 4.91. The van der Waals surface area contributed by atoms with E-state index in [0.717, 1.165) is 24.7 Å². The number of fused-ring (bicyclic) bond motifs is 1. The molecule has 23 heavy (non-hydrogen) atoms. The van der Waals surface area contributed by atoms with Crippen LogP contribution in [0.2, 0.25) is 0 Å². The van der Waals surface area contributed by atoms with E-state index < -0.39 is 15.7 Å². The summed E-state index contributed by atoms with van der Waals surface area (Å²) >= 11 is 0. The van der Waals surface area contributed by atoms with Crippen LogP contribution in [0.3, 0.4) is 0 Å². The van der Waals surface area contributed by atoms with E-state index in [-0.39, 0.29) is 0 Å². The molecule has 0 N–H and O–H groups in total. The lowest BCUT2D eigenvalue weighted by Crippen LogP contribution is -2.35. The van der Waals surface area contributed by atoms with Crippen LogP contribution in [0.4, 0.5) is 5.69 Å². The number of benzene rings is 1. The standard InChI is InChI=1S/C16H21NO5S/c1-20-14-5-3-4-13-15(14)17-11-16(13,22-23(2,18)19)10-12-6-8-21-9-7-12/h3-5,11-12H,6-10H2,1-2H3. The molecule has 6 nitrogen and oxygen atoms in total. The van der Waals surface area contributed by atoms with Gasteiger partial charge in [-0.15, -0.1) is 0 Å². The van der Waals surface area contributed by atoms with Crippen molar-refractivity contribution in [3.05, 3.63) is 23.8 Å². The number of hydrogen-bond donors (Lipinski definition) is 0. The van der Waals surface area contributed by atoms with E-state index in [1.165, 1.54) is 0 Å². The number of para-hydroxylation sites is 1. The second-order valence-electron chi connectivity index (χ2n) is 6.05. The van der Waals surface area contributed by atoms with Crippen molar-refractivity contribution in [1.29, 1.82) is 0 Å². The smallest absolute Gasteiger partial charge is 0.265 e. The molecule has 2 aliphatic heterocycles. The molecule has 1 fully saturated rings. The molecule has 2 aliphatic rings. The van der Waals surface area contributed by atoms with Crippen molar-refractivity contribution in [2.45, 2.75) is 24.9 Å². The van der Waals surface area contributed by atoms with Gasteiger partial charge in [-0.05, 0) is 31.2 Å². The lowest BCUT2D eigenvalue weighted by molar-refractivity contribution is 0.0383. The van der Waals surface area contributed by atoms with E-state index in [1.54, 1.807) is 19.4 Å². The Morgan fingerprint density at radius 3 is 2.74 bits per heavy atom. The summed E-state index contributed by atoms with van der Waals surface area (Å²) in [6.07, 6.45) is 5.03. The van der Waals surface area contributed by atoms with Gasteiger partial charge in [-0.1, -0.05) is 12.1 Å². The summed E-state index contributed by atoms with van der Waals surface area (Å²) in [5.74, 6) is 0.943. The number of nitrogens with zero attached hydrogens (tertiary/aromatic N) is 1. The Balaban J connectivity index is 2.00. The molecule has 126 valence electrons. The molecule has 0 spiro atoms. The van der Waals surface area contributed by atoms with Gasteiger partial charge in [-0.25, -0.2) is 0 Å². The summed E-state index contributed by atoms with van der Waals surface area (Å²) in [5.41, 5.74) is 0.332. The topological polar surface area (TPSA) is 74.2 Å². The van der Waals surface area contributed by atoms with E-state index in [4.69, 9.17) is 13.7 Å². The van der Waals surface area contributed by atoms with Gasteiger partial charge in [0.2, 0.25) is 0 Å². The molecule has 0 bridgehead atoms. The average molecular weight is 339 g/mol. The van der Waals surface area contributed by atoms with Crippen LogP contribution >= 0.6 is 0 Å². The molecule has 0 aliphatic carbocycles. The van der Waals surface area contributed by atoms with Crippen molar-refractivity contribution in [3.8, 4) is 5.75 Å². The van der Waals surface area contributed by atoms with Gasteiger partial charge in [-0.2, -0.15) is 8.42 Å². The minimum atomic E-state index is -3.64. The Kier molecular flexibility index (Phi) is 4.44. The summed E-state index contributed by atoms with van der Waals surface area (Å²) in [5, 5.41) is 0. The van der Waals surface area contributed by atoms with E-state index in [2.05, 4.69) is 4.99 Å². The maximum absolute atomic E-state index is 11.9. The molecule has 0 amide bonds. The first kappa shape index (κ1) is 16.4. The molecule has 1 atom stereocenters. The Labute approximate surface area is 136 Å².